The Morgan fingerprint density at radius 3 is 2.40 bits per heavy atom. The molecule has 0 fully saturated rings. The van der Waals surface area contributed by atoms with Gasteiger partial charge in [-0.2, -0.15) is 0 Å². The molecule has 0 heterocycles. The van der Waals surface area contributed by atoms with Crippen LogP contribution in [0, 0.1) is 21.7 Å². The summed E-state index contributed by atoms with van der Waals surface area (Å²) in [5.41, 5.74) is -1.56. The molecular weight excluding hydrogens is 362 g/mol. The lowest BCUT2D eigenvalue weighted by Crippen LogP contribution is -2.15. The lowest BCUT2D eigenvalue weighted by Gasteiger charge is -2.10. The first kappa shape index (κ1) is 18.3. The average Bonchev–Trinajstić information content (AvgIpc) is 2.56. The number of carbonyl (C=O) groups is 2. The van der Waals surface area contributed by atoms with Gasteiger partial charge in [0.2, 0.25) is 0 Å². The average molecular weight is 371 g/mol. The van der Waals surface area contributed by atoms with Crippen LogP contribution < -0.4 is 5.32 Å². The molecule has 2 aromatic carbocycles. The monoisotopic (exact) mass is 370 g/mol. The number of anilines is 1. The molecule has 0 atom stereocenters. The van der Waals surface area contributed by atoms with E-state index in [1.165, 1.54) is 0 Å². The van der Waals surface area contributed by atoms with Gasteiger partial charge in [-0.05, 0) is 12.1 Å². The minimum Gasteiger partial charge on any atom is -0.465 e. The first-order valence-corrected chi connectivity index (χ1v) is 6.95. The van der Waals surface area contributed by atoms with Crippen molar-refractivity contribution < 1.29 is 28.0 Å². The Hall–Kier alpha value is -3.07. The second kappa shape index (κ2) is 7.22. The van der Waals surface area contributed by atoms with Gasteiger partial charge in [0, 0.05) is 18.2 Å². The third-order valence-electron chi connectivity index (χ3n) is 3.12. The topological polar surface area (TPSA) is 98.5 Å². The second-order valence-corrected chi connectivity index (χ2v) is 5.09. The first-order valence-electron chi connectivity index (χ1n) is 6.57. The van der Waals surface area contributed by atoms with Crippen molar-refractivity contribution in [3.63, 3.8) is 0 Å². The predicted molar refractivity (Wildman–Crippen MR) is 83.8 cm³/mol. The zero-order valence-electron chi connectivity index (χ0n) is 12.5. The fraction of sp³-hybridized carbons (Fsp3) is 0.0667. The van der Waals surface area contributed by atoms with Crippen LogP contribution in [0.1, 0.15) is 20.7 Å². The number of esters is 1. The van der Waals surface area contributed by atoms with E-state index in [1.54, 1.807) is 0 Å². The van der Waals surface area contributed by atoms with Crippen LogP contribution in [0.3, 0.4) is 0 Å². The SMILES string of the molecule is COC(=O)c1cc(NC(=O)c2ccc([N+](=O)[O-])cc2Cl)c(F)cc1F. The van der Waals surface area contributed by atoms with Gasteiger partial charge in [-0.1, -0.05) is 11.6 Å². The van der Waals surface area contributed by atoms with E-state index in [0.29, 0.717) is 6.07 Å². The maximum absolute atomic E-state index is 13.8. The van der Waals surface area contributed by atoms with Crippen molar-refractivity contribution in [3.05, 3.63) is 68.2 Å². The van der Waals surface area contributed by atoms with Crippen LogP contribution >= 0.6 is 11.6 Å². The van der Waals surface area contributed by atoms with Crippen molar-refractivity contribution >= 4 is 34.9 Å². The molecule has 7 nitrogen and oxygen atoms in total. The number of nitrogens with one attached hydrogen (secondary N) is 1. The van der Waals surface area contributed by atoms with Gasteiger partial charge >= 0.3 is 5.97 Å². The third-order valence-corrected chi connectivity index (χ3v) is 3.43. The molecule has 1 amide bonds. The van der Waals surface area contributed by atoms with E-state index < -0.39 is 39.7 Å². The van der Waals surface area contributed by atoms with Crippen LogP contribution in [-0.4, -0.2) is 23.9 Å². The molecule has 0 aliphatic carbocycles. The lowest BCUT2D eigenvalue weighted by atomic mass is 10.1. The minimum absolute atomic E-state index is 0.171. The van der Waals surface area contributed by atoms with Crippen molar-refractivity contribution in [1.82, 2.24) is 0 Å². The van der Waals surface area contributed by atoms with E-state index >= 15 is 0 Å². The Morgan fingerprint density at radius 1 is 1.16 bits per heavy atom. The Balaban J connectivity index is 2.35. The van der Waals surface area contributed by atoms with Crippen LogP contribution in [0.2, 0.25) is 5.02 Å². The molecule has 2 aromatic rings. The Labute approximate surface area is 144 Å². The van der Waals surface area contributed by atoms with Gasteiger partial charge in [0.05, 0.1) is 33.9 Å². The van der Waals surface area contributed by atoms with Gasteiger partial charge in [0.1, 0.15) is 11.6 Å². The first-order chi connectivity index (χ1) is 11.7. The zero-order chi connectivity index (χ0) is 18.7. The second-order valence-electron chi connectivity index (χ2n) is 4.68. The molecule has 0 saturated carbocycles. The van der Waals surface area contributed by atoms with Gasteiger partial charge in [0.25, 0.3) is 11.6 Å². The largest absolute Gasteiger partial charge is 0.465 e. The summed E-state index contributed by atoms with van der Waals surface area (Å²) in [4.78, 5) is 33.5. The van der Waals surface area contributed by atoms with E-state index in [9.17, 15) is 28.5 Å². The molecule has 0 aliphatic rings. The van der Waals surface area contributed by atoms with Gasteiger partial charge in [-0.25, -0.2) is 13.6 Å². The summed E-state index contributed by atoms with van der Waals surface area (Å²) in [7, 11) is 1.01. The van der Waals surface area contributed by atoms with Crippen LogP contribution in [0.25, 0.3) is 0 Å². The van der Waals surface area contributed by atoms with Crippen LogP contribution in [-0.2, 0) is 4.74 Å². The summed E-state index contributed by atoms with van der Waals surface area (Å²) in [6.07, 6.45) is 0. The number of hydrogen-bond acceptors (Lipinski definition) is 5. The lowest BCUT2D eigenvalue weighted by molar-refractivity contribution is -0.384. The van der Waals surface area contributed by atoms with E-state index in [0.717, 1.165) is 31.4 Å². The third kappa shape index (κ3) is 3.89. The van der Waals surface area contributed by atoms with Gasteiger partial charge < -0.3 is 10.1 Å². The number of carbonyl (C=O) groups excluding carboxylic acids is 2. The molecule has 0 aliphatic heterocycles. The Bertz CT molecular complexity index is 888. The van der Waals surface area contributed by atoms with Crippen molar-refractivity contribution in [1.29, 1.82) is 0 Å². The summed E-state index contributed by atoms with van der Waals surface area (Å²) >= 11 is 5.81. The summed E-state index contributed by atoms with van der Waals surface area (Å²) in [6.45, 7) is 0. The van der Waals surface area contributed by atoms with Crippen molar-refractivity contribution in [2.24, 2.45) is 0 Å². The predicted octanol–water partition coefficient (Wildman–Crippen LogP) is 3.57. The molecule has 1 N–H and O–H groups in total. The quantitative estimate of drug-likeness (QED) is 0.504. The maximum Gasteiger partial charge on any atom is 0.340 e. The number of amides is 1. The number of nitrogens with zero attached hydrogens (tertiary/aromatic N) is 1. The number of hydrogen-bond donors (Lipinski definition) is 1. The highest BCUT2D eigenvalue weighted by Gasteiger charge is 2.20. The number of non-ortho nitro benzene ring substituents is 1. The van der Waals surface area contributed by atoms with Crippen LogP contribution in [0.4, 0.5) is 20.2 Å². The summed E-state index contributed by atoms with van der Waals surface area (Å²) in [6, 6.07) is 4.27. The molecule has 2 rings (SSSR count). The number of nitro groups is 1. The maximum atomic E-state index is 13.8. The van der Waals surface area contributed by atoms with Crippen LogP contribution in [0.5, 0.6) is 0 Å². The fourth-order valence-electron chi connectivity index (χ4n) is 1.90. The molecule has 0 bridgehead atoms. The number of methoxy groups -OCH3 is 1. The fourth-order valence-corrected chi connectivity index (χ4v) is 2.16. The molecule has 0 unspecified atom stereocenters. The zero-order valence-corrected chi connectivity index (χ0v) is 13.3. The molecule has 0 radical (unpaired) electrons. The van der Waals surface area contributed by atoms with Crippen LogP contribution in [0.15, 0.2) is 30.3 Å². The minimum atomic E-state index is -1.16. The molecule has 0 saturated heterocycles. The van der Waals surface area contributed by atoms with Gasteiger partial charge in [-0.3, -0.25) is 14.9 Å². The highest BCUT2D eigenvalue weighted by molar-refractivity contribution is 6.34. The number of nitro benzene ring substituents is 1. The molecule has 0 aromatic heterocycles. The molecule has 25 heavy (non-hydrogen) atoms. The summed E-state index contributed by atoms with van der Waals surface area (Å²) in [5.74, 6) is -4.24. The van der Waals surface area contributed by atoms with E-state index in [1.807, 2.05) is 0 Å². The van der Waals surface area contributed by atoms with Crippen molar-refractivity contribution in [2.75, 3.05) is 12.4 Å². The molecular formula is C15H9ClF2N2O5. The van der Waals surface area contributed by atoms with E-state index in [4.69, 9.17) is 11.6 Å². The van der Waals surface area contributed by atoms with E-state index in [2.05, 4.69) is 10.1 Å². The van der Waals surface area contributed by atoms with Gasteiger partial charge in [-0.15, -0.1) is 0 Å². The normalized spacial score (nSPS) is 10.2. The van der Waals surface area contributed by atoms with E-state index in [-0.39, 0.29) is 16.3 Å². The highest BCUT2D eigenvalue weighted by atomic mass is 35.5. The Kier molecular flexibility index (Phi) is 5.28. The highest BCUT2D eigenvalue weighted by Crippen LogP contribution is 2.25. The molecule has 0 spiro atoms. The van der Waals surface area contributed by atoms with Crippen molar-refractivity contribution in [2.45, 2.75) is 0 Å². The van der Waals surface area contributed by atoms with Crippen molar-refractivity contribution in [3.8, 4) is 0 Å². The molecule has 130 valence electrons. The smallest absolute Gasteiger partial charge is 0.340 e. The number of rotatable bonds is 4. The Morgan fingerprint density at radius 2 is 1.84 bits per heavy atom. The number of ether oxygens (including phenoxy) is 1. The number of benzene rings is 2. The van der Waals surface area contributed by atoms with Gasteiger partial charge in [0.15, 0.2) is 0 Å². The summed E-state index contributed by atoms with van der Waals surface area (Å²) < 4.78 is 31.7. The number of halogens is 3. The summed E-state index contributed by atoms with van der Waals surface area (Å²) in [5, 5.41) is 12.5. The molecule has 10 heteroatoms. The standard InChI is InChI=1S/C15H9ClF2N2O5/c1-25-15(22)9-5-13(12(18)6-11(9)17)19-14(21)8-3-2-7(20(23)24)4-10(8)16/h2-6H,1H3,(H,19,21).